The van der Waals surface area contributed by atoms with E-state index >= 15 is 0 Å². The molecule has 2 heterocycles. The van der Waals surface area contributed by atoms with E-state index in [9.17, 15) is 0 Å². The number of hydrogen-bond donors (Lipinski definition) is 1. The molecular weight excluding hydrogens is 382 g/mol. The van der Waals surface area contributed by atoms with Crippen molar-refractivity contribution in [3.63, 3.8) is 0 Å². The molecule has 3 nitrogen and oxygen atoms in total. The number of hydrazone groups is 1. The summed E-state index contributed by atoms with van der Waals surface area (Å²) in [7, 11) is 0. The summed E-state index contributed by atoms with van der Waals surface area (Å²) in [6, 6.07) is 12.3. The molecule has 0 spiro atoms. The zero-order chi connectivity index (χ0) is 15.4. The van der Waals surface area contributed by atoms with Crippen LogP contribution in [0.25, 0.3) is 0 Å². The van der Waals surface area contributed by atoms with E-state index in [1.807, 2.05) is 18.3 Å². The maximum absolute atomic E-state index is 6.24. The minimum Gasteiger partial charge on any atom is -0.328 e. The van der Waals surface area contributed by atoms with Crippen LogP contribution in [0.5, 0.6) is 0 Å². The molecule has 0 atom stereocenters. The van der Waals surface area contributed by atoms with E-state index in [1.165, 1.54) is 10.4 Å². The summed E-state index contributed by atoms with van der Waals surface area (Å²) in [5, 5.41) is 7.61. The van der Waals surface area contributed by atoms with E-state index in [0.29, 0.717) is 0 Å². The molecule has 22 heavy (non-hydrogen) atoms. The van der Waals surface area contributed by atoms with E-state index < -0.39 is 0 Å². The lowest BCUT2D eigenvalue weighted by Gasteiger charge is -2.30. The number of quaternary nitrogens is 1. The van der Waals surface area contributed by atoms with Crippen molar-refractivity contribution < 1.29 is 4.90 Å². The molecule has 1 aliphatic rings. The lowest BCUT2D eigenvalue weighted by atomic mass is 10.2. The molecule has 1 aromatic carbocycles. The fraction of sp³-hybridized carbons (Fsp3) is 0.312. The molecule has 3 rings (SSSR count). The lowest BCUT2D eigenvalue weighted by molar-refractivity contribution is -0.918. The van der Waals surface area contributed by atoms with Crippen molar-refractivity contribution in [2.45, 2.75) is 6.54 Å². The second-order valence-electron chi connectivity index (χ2n) is 5.36. The van der Waals surface area contributed by atoms with Crippen LogP contribution in [0, 0.1) is 0 Å². The van der Waals surface area contributed by atoms with Crippen LogP contribution in [0.4, 0.5) is 0 Å². The SMILES string of the molecule is Clc1ccccc1C[NH+]1CCN(N=Cc2ccc(Br)s2)CC1. The molecule has 116 valence electrons. The van der Waals surface area contributed by atoms with Gasteiger partial charge in [-0.25, -0.2) is 0 Å². The standard InChI is InChI=1S/C16H17BrClN3S/c17-16-6-5-14(22-16)11-19-21-9-7-20(8-10-21)12-13-3-1-2-4-15(13)18/h1-6,11H,7-10,12H2/p+1. The smallest absolute Gasteiger partial charge is 0.104 e. The van der Waals surface area contributed by atoms with Gasteiger partial charge in [-0.05, 0) is 34.1 Å². The summed E-state index contributed by atoms with van der Waals surface area (Å²) in [6.07, 6.45) is 1.95. The molecule has 0 amide bonds. The molecule has 2 aromatic rings. The first-order chi connectivity index (χ1) is 10.7. The van der Waals surface area contributed by atoms with Crippen LogP contribution in [0.3, 0.4) is 0 Å². The summed E-state index contributed by atoms with van der Waals surface area (Å²) < 4.78 is 1.14. The molecule has 0 aliphatic carbocycles. The minimum atomic E-state index is 0.874. The van der Waals surface area contributed by atoms with Gasteiger partial charge in [-0.15, -0.1) is 11.3 Å². The van der Waals surface area contributed by atoms with Crippen LogP contribution in [-0.2, 0) is 6.54 Å². The third-order valence-electron chi connectivity index (χ3n) is 3.79. The summed E-state index contributed by atoms with van der Waals surface area (Å²) in [4.78, 5) is 2.75. The van der Waals surface area contributed by atoms with Gasteiger partial charge in [-0.3, -0.25) is 5.01 Å². The van der Waals surface area contributed by atoms with Gasteiger partial charge in [0.25, 0.3) is 0 Å². The van der Waals surface area contributed by atoms with Gasteiger partial charge in [0.15, 0.2) is 0 Å². The number of thiophene rings is 1. The first kappa shape index (κ1) is 16.0. The first-order valence-corrected chi connectivity index (χ1v) is 9.31. The Balaban J connectivity index is 1.50. The summed E-state index contributed by atoms with van der Waals surface area (Å²) in [5.74, 6) is 0. The fourth-order valence-corrected chi connectivity index (χ4v) is 4.04. The molecule has 1 aliphatic heterocycles. The number of nitrogens with zero attached hydrogens (tertiary/aromatic N) is 2. The summed E-state index contributed by atoms with van der Waals surface area (Å²) >= 11 is 11.4. The molecule has 0 bridgehead atoms. The summed E-state index contributed by atoms with van der Waals surface area (Å²) in [6.45, 7) is 5.16. The Morgan fingerprint density at radius 2 is 2.00 bits per heavy atom. The van der Waals surface area contributed by atoms with Crippen molar-refractivity contribution in [3.05, 3.63) is 55.6 Å². The van der Waals surface area contributed by atoms with Crippen molar-refractivity contribution in [2.24, 2.45) is 5.10 Å². The lowest BCUT2D eigenvalue weighted by Crippen LogP contribution is -3.13. The predicted octanol–water partition coefficient (Wildman–Crippen LogP) is 2.90. The first-order valence-electron chi connectivity index (χ1n) is 7.32. The molecule has 0 radical (unpaired) electrons. The highest BCUT2D eigenvalue weighted by Gasteiger charge is 2.19. The number of halogens is 2. The van der Waals surface area contributed by atoms with E-state index in [4.69, 9.17) is 11.6 Å². The Kier molecular flexibility index (Phi) is 5.52. The quantitative estimate of drug-likeness (QED) is 0.784. The van der Waals surface area contributed by atoms with E-state index in [2.05, 4.69) is 50.3 Å². The van der Waals surface area contributed by atoms with Crippen LogP contribution >= 0.6 is 38.9 Å². The Bertz CT molecular complexity index is 650. The Morgan fingerprint density at radius 3 is 2.68 bits per heavy atom. The predicted molar refractivity (Wildman–Crippen MR) is 97.0 cm³/mol. The van der Waals surface area contributed by atoms with Crippen LogP contribution in [-0.4, -0.2) is 37.4 Å². The van der Waals surface area contributed by atoms with Gasteiger partial charge >= 0.3 is 0 Å². The average Bonchev–Trinajstić information content (AvgIpc) is 2.94. The topological polar surface area (TPSA) is 20.0 Å². The molecule has 0 saturated carbocycles. The Hall–Kier alpha value is -0.880. The fourth-order valence-electron chi connectivity index (χ4n) is 2.55. The molecule has 1 saturated heterocycles. The number of piperazine rings is 1. The van der Waals surface area contributed by atoms with Crippen LogP contribution in [0.1, 0.15) is 10.4 Å². The maximum Gasteiger partial charge on any atom is 0.104 e. The monoisotopic (exact) mass is 398 g/mol. The molecule has 0 unspecified atom stereocenters. The molecule has 1 fully saturated rings. The molecule has 1 aromatic heterocycles. The normalized spacial score (nSPS) is 16.5. The third kappa shape index (κ3) is 4.32. The zero-order valence-electron chi connectivity index (χ0n) is 12.1. The number of hydrogen-bond acceptors (Lipinski definition) is 3. The number of benzene rings is 1. The Labute approximate surface area is 148 Å². The van der Waals surface area contributed by atoms with E-state index in [-0.39, 0.29) is 0 Å². The van der Waals surface area contributed by atoms with Crippen LogP contribution in [0.15, 0.2) is 45.3 Å². The van der Waals surface area contributed by atoms with Crippen LogP contribution < -0.4 is 4.90 Å². The van der Waals surface area contributed by atoms with E-state index in [1.54, 1.807) is 16.2 Å². The summed E-state index contributed by atoms with van der Waals surface area (Å²) in [5.41, 5.74) is 1.24. The van der Waals surface area contributed by atoms with Gasteiger partial charge in [0.2, 0.25) is 0 Å². The van der Waals surface area contributed by atoms with E-state index in [0.717, 1.165) is 41.5 Å². The van der Waals surface area contributed by atoms with Crippen molar-refractivity contribution in [1.82, 2.24) is 5.01 Å². The van der Waals surface area contributed by atoms with Gasteiger partial charge in [0.1, 0.15) is 6.54 Å². The van der Waals surface area contributed by atoms with Gasteiger partial charge in [-0.1, -0.05) is 29.8 Å². The largest absolute Gasteiger partial charge is 0.328 e. The van der Waals surface area contributed by atoms with Crippen molar-refractivity contribution in [2.75, 3.05) is 26.2 Å². The third-order valence-corrected chi connectivity index (χ3v) is 5.71. The van der Waals surface area contributed by atoms with Gasteiger partial charge < -0.3 is 4.90 Å². The van der Waals surface area contributed by atoms with Crippen molar-refractivity contribution >= 4 is 45.1 Å². The second kappa shape index (κ2) is 7.59. The van der Waals surface area contributed by atoms with Crippen LogP contribution in [0.2, 0.25) is 5.02 Å². The maximum atomic E-state index is 6.24. The highest BCUT2D eigenvalue weighted by atomic mass is 79.9. The van der Waals surface area contributed by atoms with Crippen molar-refractivity contribution in [1.29, 1.82) is 0 Å². The van der Waals surface area contributed by atoms with Crippen molar-refractivity contribution in [3.8, 4) is 0 Å². The van der Waals surface area contributed by atoms with Gasteiger partial charge in [0, 0.05) is 15.5 Å². The minimum absolute atomic E-state index is 0.874. The van der Waals surface area contributed by atoms with Gasteiger partial charge in [-0.2, -0.15) is 5.10 Å². The second-order valence-corrected chi connectivity index (χ2v) is 8.26. The van der Waals surface area contributed by atoms with Gasteiger partial charge in [0.05, 0.1) is 36.2 Å². The molecule has 6 heteroatoms. The molecule has 1 N–H and O–H groups in total. The highest BCUT2D eigenvalue weighted by molar-refractivity contribution is 9.11. The number of rotatable bonds is 4. The average molecular weight is 400 g/mol. The number of nitrogens with one attached hydrogen (secondary N) is 1. The highest BCUT2D eigenvalue weighted by Crippen LogP contribution is 2.20. The molecular formula is C16H18BrClN3S+. The Morgan fingerprint density at radius 1 is 1.23 bits per heavy atom. The zero-order valence-corrected chi connectivity index (χ0v) is 15.3.